The minimum Gasteiger partial charge on any atom is -0.352 e. The molecule has 0 aliphatic heterocycles. The van der Waals surface area contributed by atoms with Crippen LogP contribution in [0.25, 0.3) is 0 Å². The summed E-state index contributed by atoms with van der Waals surface area (Å²) in [7, 11) is 0. The van der Waals surface area contributed by atoms with Crippen LogP contribution in [0, 0.1) is 13.8 Å². The Hall–Kier alpha value is -2.58. The minimum atomic E-state index is -0.214. The monoisotopic (exact) mass is 458 g/mol. The number of anilines is 1. The molecule has 28 heavy (non-hydrogen) atoms. The fourth-order valence-electron chi connectivity index (χ4n) is 2.47. The third kappa shape index (κ3) is 5.24. The zero-order valence-corrected chi connectivity index (χ0v) is 17.9. The topological polar surface area (TPSA) is 84.0 Å². The molecule has 2 aromatic carbocycles. The van der Waals surface area contributed by atoms with E-state index in [4.69, 9.17) is 0 Å². The minimum absolute atomic E-state index is 0.144. The summed E-state index contributed by atoms with van der Waals surface area (Å²) in [5, 5.41) is 14.9. The molecule has 0 spiro atoms. The second-order valence-electron chi connectivity index (χ2n) is 6.27. The number of hydrogen-bond acceptors (Lipinski definition) is 5. The molecule has 0 saturated carbocycles. The third-order valence-corrected chi connectivity index (χ3v) is 5.56. The molecule has 0 bridgehead atoms. The lowest BCUT2D eigenvalue weighted by Crippen LogP contribution is -2.25. The van der Waals surface area contributed by atoms with Gasteiger partial charge in [0.05, 0.1) is 0 Å². The van der Waals surface area contributed by atoms with Crippen molar-refractivity contribution in [3.8, 4) is 0 Å². The second-order valence-corrected chi connectivity index (χ2v) is 8.25. The molecule has 2 amide bonds. The van der Waals surface area contributed by atoms with Gasteiger partial charge in [0.15, 0.2) is 0 Å². The van der Waals surface area contributed by atoms with Crippen molar-refractivity contribution in [3.05, 3.63) is 74.2 Å². The highest BCUT2D eigenvalue weighted by atomic mass is 79.9. The number of hydrogen-bond donors (Lipinski definition) is 2. The molecule has 3 rings (SSSR count). The van der Waals surface area contributed by atoms with E-state index in [-0.39, 0.29) is 11.8 Å². The van der Waals surface area contributed by atoms with E-state index < -0.39 is 0 Å². The van der Waals surface area contributed by atoms with Gasteiger partial charge in [-0.05, 0) is 55.3 Å². The van der Waals surface area contributed by atoms with Gasteiger partial charge in [-0.25, -0.2) is 0 Å². The highest BCUT2D eigenvalue weighted by molar-refractivity contribution is 9.10. The van der Waals surface area contributed by atoms with Gasteiger partial charge in [-0.15, -0.1) is 10.2 Å². The van der Waals surface area contributed by atoms with Crippen LogP contribution < -0.4 is 10.6 Å². The molecule has 8 heteroatoms. The summed E-state index contributed by atoms with van der Waals surface area (Å²) >= 11 is 4.65. The Labute approximate surface area is 175 Å². The van der Waals surface area contributed by atoms with Gasteiger partial charge in [-0.1, -0.05) is 39.4 Å². The molecular formula is C20H19BrN4O2S. The van der Waals surface area contributed by atoms with Gasteiger partial charge in [0.25, 0.3) is 11.8 Å². The van der Waals surface area contributed by atoms with Crippen molar-refractivity contribution in [3.63, 3.8) is 0 Å². The van der Waals surface area contributed by atoms with Crippen molar-refractivity contribution in [1.29, 1.82) is 0 Å². The quantitative estimate of drug-likeness (QED) is 0.581. The van der Waals surface area contributed by atoms with Gasteiger partial charge in [0.2, 0.25) is 5.13 Å². The van der Waals surface area contributed by atoms with Crippen LogP contribution in [0.2, 0.25) is 0 Å². The Morgan fingerprint density at radius 3 is 2.54 bits per heavy atom. The van der Waals surface area contributed by atoms with Crippen molar-refractivity contribution in [2.24, 2.45) is 0 Å². The Balaban J connectivity index is 1.52. The van der Waals surface area contributed by atoms with Crippen molar-refractivity contribution >= 4 is 44.2 Å². The van der Waals surface area contributed by atoms with Crippen LogP contribution in [0.15, 0.2) is 46.9 Å². The molecule has 3 aromatic rings. The molecule has 0 atom stereocenters. The molecular weight excluding hydrogens is 440 g/mol. The number of carbonyl (C=O) groups is 2. The van der Waals surface area contributed by atoms with Crippen LogP contribution in [0.3, 0.4) is 0 Å². The van der Waals surface area contributed by atoms with Crippen LogP contribution in [-0.4, -0.2) is 28.6 Å². The molecule has 0 aliphatic carbocycles. The van der Waals surface area contributed by atoms with E-state index >= 15 is 0 Å². The van der Waals surface area contributed by atoms with Crippen molar-refractivity contribution in [2.75, 3.05) is 11.9 Å². The van der Waals surface area contributed by atoms with Crippen molar-refractivity contribution < 1.29 is 9.59 Å². The van der Waals surface area contributed by atoms with Gasteiger partial charge >= 0.3 is 0 Å². The average molecular weight is 459 g/mol. The van der Waals surface area contributed by atoms with Crippen LogP contribution in [-0.2, 0) is 6.42 Å². The predicted octanol–water partition coefficient (Wildman–Crippen LogP) is 4.14. The maximum Gasteiger partial charge on any atom is 0.257 e. The van der Waals surface area contributed by atoms with Gasteiger partial charge < -0.3 is 5.32 Å². The molecule has 0 aliphatic rings. The molecule has 144 valence electrons. The lowest BCUT2D eigenvalue weighted by atomic mass is 10.1. The maximum atomic E-state index is 12.3. The average Bonchev–Trinajstić information content (AvgIpc) is 3.11. The summed E-state index contributed by atoms with van der Waals surface area (Å²) in [4.78, 5) is 24.5. The summed E-state index contributed by atoms with van der Waals surface area (Å²) in [5.41, 5.74) is 3.38. The van der Waals surface area contributed by atoms with Crippen LogP contribution >= 0.6 is 27.3 Å². The van der Waals surface area contributed by atoms with Crippen LogP contribution in [0.1, 0.15) is 36.9 Å². The van der Waals surface area contributed by atoms with Gasteiger partial charge in [0.1, 0.15) is 5.01 Å². The van der Waals surface area contributed by atoms with E-state index in [9.17, 15) is 9.59 Å². The predicted molar refractivity (Wildman–Crippen MR) is 114 cm³/mol. The van der Waals surface area contributed by atoms with E-state index in [0.29, 0.717) is 29.2 Å². The summed E-state index contributed by atoms with van der Waals surface area (Å²) in [6, 6.07) is 12.8. The van der Waals surface area contributed by atoms with E-state index in [1.54, 1.807) is 18.2 Å². The standard InChI is InChI=1S/C20H19BrN4O2S/c1-12-6-7-15(10-13(12)2)19(27)23-20-25-24-17(28-20)8-9-22-18(26)14-4-3-5-16(21)11-14/h3-7,10-11H,8-9H2,1-2H3,(H,22,26)(H,23,25,27). The Kier molecular flexibility index (Phi) is 6.53. The fourth-order valence-corrected chi connectivity index (χ4v) is 3.61. The first-order valence-corrected chi connectivity index (χ1v) is 10.3. The number of nitrogens with zero attached hydrogens (tertiary/aromatic N) is 2. The zero-order chi connectivity index (χ0) is 20.1. The van der Waals surface area contributed by atoms with E-state index in [1.807, 2.05) is 38.1 Å². The van der Waals surface area contributed by atoms with Gasteiger partial charge in [-0.2, -0.15) is 0 Å². The van der Waals surface area contributed by atoms with Crippen LogP contribution in [0.4, 0.5) is 5.13 Å². The van der Waals surface area contributed by atoms with Gasteiger partial charge in [-0.3, -0.25) is 14.9 Å². The number of aryl methyl sites for hydroxylation is 2. The highest BCUT2D eigenvalue weighted by Gasteiger charge is 2.12. The first kappa shape index (κ1) is 20.2. The maximum absolute atomic E-state index is 12.3. The summed E-state index contributed by atoms with van der Waals surface area (Å²) in [5.74, 6) is -0.358. The number of nitrogens with one attached hydrogen (secondary N) is 2. The summed E-state index contributed by atoms with van der Waals surface area (Å²) in [6.07, 6.45) is 0.539. The number of halogens is 1. The zero-order valence-electron chi connectivity index (χ0n) is 15.5. The summed E-state index contributed by atoms with van der Waals surface area (Å²) in [6.45, 7) is 4.41. The van der Waals surface area contributed by atoms with Gasteiger partial charge in [0, 0.05) is 28.6 Å². The SMILES string of the molecule is Cc1ccc(C(=O)Nc2nnc(CCNC(=O)c3cccc(Br)c3)s2)cc1C. The number of benzene rings is 2. The third-order valence-electron chi connectivity index (χ3n) is 4.17. The molecule has 1 heterocycles. The molecule has 6 nitrogen and oxygen atoms in total. The molecule has 0 radical (unpaired) electrons. The lowest BCUT2D eigenvalue weighted by Gasteiger charge is -2.04. The summed E-state index contributed by atoms with van der Waals surface area (Å²) < 4.78 is 0.855. The largest absolute Gasteiger partial charge is 0.352 e. The Morgan fingerprint density at radius 2 is 1.79 bits per heavy atom. The number of amides is 2. The number of carbonyl (C=O) groups excluding carboxylic acids is 2. The van der Waals surface area contributed by atoms with Crippen molar-refractivity contribution in [2.45, 2.75) is 20.3 Å². The molecule has 0 unspecified atom stereocenters. The lowest BCUT2D eigenvalue weighted by molar-refractivity contribution is 0.0953. The van der Waals surface area contributed by atoms with E-state index in [0.717, 1.165) is 20.6 Å². The first-order chi connectivity index (χ1) is 13.4. The van der Waals surface area contributed by atoms with E-state index in [1.165, 1.54) is 11.3 Å². The van der Waals surface area contributed by atoms with E-state index in [2.05, 4.69) is 36.8 Å². The number of aromatic nitrogens is 2. The van der Waals surface area contributed by atoms with Crippen molar-refractivity contribution in [1.82, 2.24) is 15.5 Å². The highest BCUT2D eigenvalue weighted by Crippen LogP contribution is 2.18. The second kappa shape index (κ2) is 9.07. The normalized spacial score (nSPS) is 10.5. The fraction of sp³-hybridized carbons (Fsp3) is 0.200. The first-order valence-electron chi connectivity index (χ1n) is 8.67. The smallest absolute Gasteiger partial charge is 0.257 e. The molecule has 2 N–H and O–H groups in total. The van der Waals surface area contributed by atoms with Crippen LogP contribution in [0.5, 0.6) is 0 Å². The Bertz CT molecular complexity index is 1020. The molecule has 0 fully saturated rings. The molecule has 0 saturated heterocycles. The Morgan fingerprint density at radius 1 is 1.00 bits per heavy atom. The number of rotatable bonds is 6. The molecule has 1 aromatic heterocycles.